The van der Waals surface area contributed by atoms with E-state index >= 15 is 0 Å². The van der Waals surface area contributed by atoms with Gasteiger partial charge in [0.05, 0.1) is 0 Å². The molecule has 1 rings (SSSR count). The average Bonchev–Trinajstić information content (AvgIpc) is 2.35. The number of amides is 2. The summed E-state index contributed by atoms with van der Waals surface area (Å²) in [6, 6.07) is 4.55. The molecule has 1 aromatic carbocycles. The second-order valence-corrected chi connectivity index (χ2v) is 4.11. The molecule has 21 heavy (non-hydrogen) atoms. The second-order valence-electron chi connectivity index (χ2n) is 4.11. The predicted octanol–water partition coefficient (Wildman–Crippen LogP) is 0.875. The fourth-order valence-corrected chi connectivity index (χ4v) is 1.54. The van der Waals surface area contributed by atoms with Crippen molar-refractivity contribution in [3.63, 3.8) is 0 Å². The summed E-state index contributed by atoms with van der Waals surface area (Å²) in [7, 11) is 0. The van der Waals surface area contributed by atoms with Crippen LogP contribution >= 0.6 is 0 Å². The molecule has 9 heteroatoms. The Balaban J connectivity index is 2.98. The molecule has 0 spiro atoms. The molecule has 114 valence electrons. The summed E-state index contributed by atoms with van der Waals surface area (Å²) in [4.78, 5) is 33.4. The molecule has 0 aliphatic rings. The van der Waals surface area contributed by atoms with E-state index in [4.69, 9.17) is 10.8 Å². The third-order valence-electron chi connectivity index (χ3n) is 2.40. The number of carbonyl (C=O) groups is 3. The molecule has 1 aromatic rings. The van der Waals surface area contributed by atoms with E-state index in [2.05, 4.69) is 0 Å². The molecule has 0 aliphatic heterocycles. The van der Waals surface area contributed by atoms with Crippen LogP contribution in [-0.2, 0) is 4.79 Å². The van der Waals surface area contributed by atoms with Crippen molar-refractivity contribution >= 4 is 17.8 Å². The van der Waals surface area contributed by atoms with Gasteiger partial charge in [0, 0.05) is 11.1 Å². The Kier molecular flexibility index (Phi) is 4.90. The van der Waals surface area contributed by atoms with Crippen LogP contribution in [0.5, 0.6) is 0 Å². The molecule has 0 bridgehead atoms. The molecule has 0 aliphatic carbocycles. The average molecular weight is 304 g/mol. The topological polar surface area (TPSA) is 101 Å². The van der Waals surface area contributed by atoms with Gasteiger partial charge >= 0.3 is 12.1 Å². The zero-order valence-electron chi connectivity index (χ0n) is 10.6. The van der Waals surface area contributed by atoms with E-state index < -0.39 is 37.0 Å². The fraction of sp³-hybridized carbons (Fsp3) is 0.250. The summed E-state index contributed by atoms with van der Waals surface area (Å²) in [5.74, 6) is -3.43. The number of aliphatic carboxylic acids is 1. The standard InChI is InChI=1S/C12H11F3N2O4/c13-12(14,15)6-17(5-9(18)19)11(21)8-3-1-7(2-4-8)10(16)20/h1-4H,5-6H2,(H2,16,20)(H,18,19). The smallest absolute Gasteiger partial charge is 0.406 e. The number of nitrogens with two attached hydrogens (primary N) is 1. The van der Waals surface area contributed by atoms with Gasteiger partial charge in [-0.3, -0.25) is 14.4 Å². The van der Waals surface area contributed by atoms with Gasteiger partial charge in [0.25, 0.3) is 5.91 Å². The lowest BCUT2D eigenvalue weighted by Gasteiger charge is -2.22. The van der Waals surface area contributed by atoms with Crippen molar-refractivity contribution in [2.24, 2.45) is 5.73 Å². The quantitative estimate of drug-likeness (QED) is 0.843. The first-order valence-electron chi connectivity index (χ1n) is 5.58. The summed E-state index contributed by atoms with van der Waals surface area (Å²) in [5, 5.41) is 8.57. The summed E-state index contributed by atoms with van der Waals surface area (Å²) >= 11 is 0. The predicted molar refractivity (Wildman–Crippen MR) is 64.6 cm³/mol. The summed E-state index contributed by atoms with van der Waals surface area (Å²) in [6.45, 7) is -2.77. The SMILES string of the molecule is NC(=O)c1ccc(C(=O)N(CC(=O)O)CC(F)(F)F)cc1. The number of carboxylic acid groups (broad SMARTS) is 1. The molecular weight excluding hydrogens is 293 g/mol. The van der Waals surface area contributed by atoms with Crippen molar-refractivity contribution in [2.75, 3.05) is 13.1 Å². The Morgan fingerprint density at radius 1 is 1.10 bits per heavy atom. The third kappa shape index (κ3) is 5.13. The molecule has 0 atom stereocenters. The van der Waals surface area contributed by atoms with Gasteiger partial charge in [-0.05, 0) is 24.3 Å². The number of benzene rings is 1. The lowest BCUT2D eigenvalue weighted by Crippen LogP contribution is -2.42. The normalized spacial score (nSPS) is 11.0. The minimum Gasteiger partial charge on any atom is -0.480 e. The second kappa shape index (κ2) is 6.25. The first-order chi connectivity index (χ1) is 9.60. The number of halogens is 3. The lowest BCUT2D eigenvalue weighted by molar-refractivity contribution is -0.149. The number of carboxylic acids is 1. The molecule has 0 heterocycles. The highest BCUT2D eigenvalue weighted by Crippen LogP contribution is 2.18. The number of alkyl halides is 3. The zero-order valence-corrected chi connectivity index (χ0v) is 10.6. The zero-order chi connectivity index (χ0) is 16.2. The molecule has 0 radical (unpaired) electrons. The number of primary amides is 1. The minimum atomic E-state index is -4.72. The van der Waals surface area contributed by atoms with Gasteiger partial charge in [-0.15, -0.1) is 0 Å². The highest BCUT2D eigenvalue weighted by atomic mass is 19.4. The van der Waals surface area contributed by atoms with E-state index in [1.807, 2.05) is 0 Å². The van der Waals surface area contributed by atoms with E-state index in [1.165, 1.54) is 12.1 Å². The Labute approximate surface area is 116 Å². The number of rotatable bonds is 5. The van der Waals surface area contributed by atoms with Crippen LogP contribution in [0.4, 0.5) is 13.2 Å². The van der Waals surface area contributed by atoms with Gasteiger partial charge in [-0.25, -0.2) is 0 Å². The Bertz CT molecular complexity index is 555. The Hall–Kier alpha value is -2.58. The van der Waals surface area contributed by atoms with Crippen molar-refractivity contribution in [3.05, 3.63) is 35.4 Å². The molecule has 0 fully saturated rings. The fourth-order valence-electron chi connectivity index (χ4n) is 1.54. The summed E-state index contributed by atoms with van der Waals surface area (Å²) in [5.41, 5.74) is 4.89. The third-order valence-corrected chi connectivity index (χ3v) is 2.40. The van der Waals surface area contributed by atoms with Crippen LogP contribution in [0.1, 0.15) is 20.7 Å². The van der Waals surface area contributed by atoms with E-state index in [1.54, 1.807) is 0 Å². The van der Waals surface area contributed by atoms with Crippen molar-refractivity contribution in [1.82, 2.24) is 4.90 Å². The molecule has 2 amide bonds. The highest BCUT2D eigenvalue weighted by molar-refractivity contribution is 5.98. The first-order valence-corrected chi connectivity index (χ1v) is 5.58. The van der Waals surface area contributed by atoms with Crippen molar-refractivity contribution < 1.29 is 32.7 Å². The Morgan fingerprint density at radius 3 is 1.95 bits per heavy atom. The van der Waals surface area contributed by atoms with Gasteiger partial charge in [0.1, 0.15) is 13.1 Å². The molecule has 0 unspecified atom stereocenters. The number of nitrogens with zero attached hydrogens (tertiary/aromatic N) is 1. The monoisotopic (exact) mass is 304 g/mol. The van der Waals surface area contributed by atoms with Gasteiger partial charge in [0.15, 0.2) is 0 Å². The largest absolute Gasteiger partial charge is 0.480 e. The molecule has 3 N–H and O–H groups in total. The maximum absolute atomic E-state index is 12.4. The summed E-state index contributed by atoms with van der Waals surface area (Å²) in [6.07, 6.45) is -4.72. The van der Waals surface area contributed by atoms with Crippen LogP contribution in [0.15, 0.2) is 24.3 Å². The number of hydrogen-bond acceptors (Lipinski definition) is 3. The van der Waals surface area contributed by atoms with E-state index in [0.29, 0.717) is 0 Å². The van der Waals surface area contributed by atoms with Crippen LogP contribution in [0.3, 0.4) is 0 Å². The number of carbonyl (C=O) groups excluding carboxylic acids is 2. The van der Waals surface area contributed by atoms with Gasteiger partial charge < -0.3 is 15.7 Å². The van der Waals surface area contributed by atoms with Crippen LogP contribution in [0.2, 0.25) is 0 Å². The molecule has 0 saturated carbocycles. The Morgan fingerprint density at radius 2 is 1.57 bits per heavy atom. The molecular formula is C12H11F3N2O4. The van der Waals surface area contributed by atoms with Crippen molar-refractivity contribution in [3.8, 4) is 0 Å². The maximum Gasteiger partial charge on any atom is 0.406 e. The highest BCUT2D eigenvalue weighted by Gasteiger charge is 2.34. The van der Waals surface area contributed by atoms with E-state index in [-0.39, 0.29) is 16.0 Å². The maximum atomic E-state index is 12.4. The van der Waals surface area contributed by atoms with Crippen LogP contribution in [0.25, 0.3) is 0 Å². The first kappa shape index (κ1) is 16.5. The van der Waals surface area contributed by atoms with Crippen LogP contribution in [0, 0.1) is 0 Å². The van der Waals surface area contributed by atoms with Crippen molar-refractivity contribution in [1.29, 1.82) is 0 Å². The van der Waals surface area contributed by atoms with Crippen LogP contribution < -0.4 is 5.73 Å². The number of hydrogen-bond donors (Lipinski definition) is 2. The molecule has 0 aromatic heterocycles. The molecule has 0 saturated heterocycles. The lowest BCUT2D eigenvalue weighted by atomic mass is 10.1. The van der Waals surface area contributed by atoms with Crippen LogP contribution in [-0.4, -0.2) is 47.1 Å². The van der Waals surface area contributed by atoms with Crippen molar-refractivity contribution in [2.45, 2.75) is 6.18 Å². The van der Waals surface area contributed by atoms with E-state index in [0.717, 1.165) is 12.1 Å². The van der Waals surface area contributed by atoms with Gasteiger partial charge in [0.2, 0.25) is 5.91 Å². The van der Waals surface area contributed by atoms with E-state index in [9.17, 15) is 27.6 Å². The van der Waals surface area contributed by atoms with Gasteiger partial charge in [-0.1, -0.05) is 0 Å². The van der Waals surface area contributed by atoms with Gasteiger partial charge in [-0.2, -0.15) is 13.2 Å². The summed E-state index contributed by atoms with van der Waals surface area (Å²) < 4.78 is 37.1. The minimum absolute atomic E-state index is 0.0761. The molecule has 6 nitrogen and oxygen atoms in total.